The van der Waals surface area contributed by atoms with Crippen molar-refractivity contribution in [3.05, 3.63) is 65.7 Å². The summed E-state index contributed by atoms with van der Waals surface area (Å²) in [5.74, 6) is 0.304. The molecular formula is C22H23F3N2O3. The number of nitrogens with zero attached hydrogens (tertiary/aromatic N) is 1. The largest absolute Gasteiger partial charge is 0.493 e. The van der Waals surface area contributed by atoms with Gasteiger partial charge in [0.25, 0.3) is 5.91 Å². The van der Waals surface area contributed by atoms with Crippen molar-refractivity contribution in [2.24, 2.45) is 0 Å². The van der Waals surface area contributed by atoms with Gasteiger partial charge in [-0.25, -0.2) is 0 Å². The molecule has 2 amide bonds. The summed E-state index contributed by atoms with van der Waals surface area (Å²) in [4.78, 5) is 26.3. The van der Waals surface area contributed by atoms with E-state index in [2.05, 4.69) is 5.32 Å². The number of carbonyl (C=O) groups excluding carboxylic acids is 2. The Morgan fingerprint density at radius 2 is 1.63 bits per heavy atom. The molecule has 2 aromatic rings. The van der Waals surface area contributed by atoms with Gasteiger partial charge in [-0.1, -0.05) is 18.2 Å². The lowest BCUT2D eigenvalue weighted by Gasteiger charge is -2.32. The Morgan fingerprint density at radius 1 is 1.00 bits per heavy atom. The molecule has 2 aromatic carbocycles. The third kappa shape index (κ3) is 5.98. The van der Waals surface area contributed by atoms with Crippen LogP contribution in [-0.4, -0.2) is 42.5 Å². The first-order valence-corrected chi connectivity index (χ1v) is 9.76. The van der Waals surface area contributed by atoms with E-state index < -0.39 is 17.6 Å². The predicted molar refractivity (Wildman–Crippen MR) is 105 cm³/mol. The van der Waals surface area contributed by atoms with Crippen molar-refractivity contribution in [1.29, 1.82) is 0 Å². The first-order chi connectivity index (χ1) is 14.3. The molecule has 3 rings (SSSR count). The highest BCUT2D eigenvalue weighted by molar-refractivity contribution is 5.94. The topological polar surface area (TPSA) is 58.6 Å². The minimum absolute atomic E-state index is 0.00144. The molecule has 1 aliphatic rings. The Morgan fingerprint density at radius 3 is 2.23 bits per heavy atom. The van der Waals surface area contributed by atoms with Gasteiger partial charge in [0.2, 0.25) is 5.91 Å². The van der Waals surface area contributed by atoms with Crippen molar-refractivity contribution >= 4 is 11.8 Å². The highest BCUT2D eigenvalue weighted by Gasteiger charge is 2.30. The number of carbonyl (C=O) groups is 2. The molecule has 30 heavy (non-hydrogen) atoms. The number of hydrogen-bond donors (Lipinski definition) is 1. The highest BCUT2D eigenvalue weighted by atomic mass is 19.4. The second kappa shape index (κ2) is 9.65. The van der Waals surface area contributed by atoms with Gasteiger partial charge in [0.05, 0.1) is 18.6 Å². The maximum Gasteiger partial charge on any atom is 0.416 e. The molecule has 5 nitrogen and oxygen atoms in total. The Balaban J connectivity index is 1.40. The Labute approximate surface area is 172 Å². The third-order valence-electron chi connectivity index (χ3n) is 4.99. The fourth-order valence-corrected chi connectivity index (χ4v) is 3.28. The molecule has 0 spiro atoms. The van der Waals surface area contributed by atoms with Gasteiger partial charge < -0.3 is 15.0 Å². The molecule has 0 saturated carbocycles. The molecule has 0 bridgehead atoms. The molecular weight excluding hydrogens is 397 g/mol. The molecule has 1 fully saturated rings. The number of halogens is 3. The van der Waals surface area contributed by atoms with E-state index in [0.717, 1.165) is 17.9 Å². The van der Waals surface area contributed by atoms with Gasteiger partial charge in [-0.15, -0.1) is 0 Å². The number of hydrogen-bond acceptors (Lipinski definition) is 3. The second-order valence-electron chi connectivity index (χ2n) is 7.12. The SMILES string of the molecule is O=C(NC1CCN(C(=O)CCOc2ccccc2)CC1)c1ccc(C(F)(F)F)cc1. The van der Waals surface area contributed by atoms with E-state index in [4.69, 9.17) is 4.74 Å². The molecule has 0 radical (unpaired) electrons. The molecule has 0 unspecified atom stereocenters. The van der Waals surface area contributed by atoms with E-state index in [1.165, 1.54) is 12.1 Å². The van der Waals surface area contributed by atoms with E-state index >= 15 is 0 Å². The van der Waals surface area contributed by atoms with E-state index in [9.17, 15) is 22.8 Å². The van der Waals surface area contributed by atoms with E-state index in [0.29, 0.717) is 32.5 Å². The van der Waals surface area contributed by atoms with Crippen LogP contribution in [0.25, 0.3) is 0 Å². The van der Waals surface area contributed by atoms with Crippen LogP contribution in [0.1, 0.15) is 35.2 Å². The molecule has 0 aliphatic carbocycles. The summed E-state index contributed by atoms with van der Waals surface area (Å²) in [5.41, 5.74) is -0.610. The van der Waals surface area contributed by atoms with Crippen LogP contribution in [0.5, 0.6) is 5.75 Å². The summed E-state index contributed by atoms with van der Waals surface area (Å²) in [6, 6.07) is 13.3. The van der Waals surface area contributed by atoms with Crippen LogP contribution in [0.2, 0.25) is 0 Å². The van der Waals surface area contributed by atoms with Crippen LogP contribution in [0.15, 0.2) is 54.6 Å². The van der Waals surface area contributed by atoms with Gasteiger partial charge in [-0.3, -0.25) is 9.59 Å². The molecule has 160 valence electrons. The molecule has 8 heteroatoms. The fraction of sp³-hybridized carbons (Fsp3) is 0.364. The molecule has 1 aliphatic heterocycles. The van der Waals surface area contributed by atoms with Gasteiger partial charge >= 0.3 is 6.18 Å². The third-order valence-corrected chi connectivity index (χ3v) is 4.99. The average molecular weight is 420 g/mol. The van der Waals surface area contributed by atoms with Crippen molar-refractivity contribution in [2.45, 2.75) is 31.5 Å². The summed E-state index contributed by atoms with van der Waals surface area (Å²) in [7, 11) is 0. The predicted octanol–water partition coefficient (Wildman–Crippen LogP) is 3.90. The Kier molecular flexibility index (Phi) is 6.97. The number of ether oxygens (including phenoxy) is 1. The van der Waals surface area contributed by atoms with Gasteiger partial charge in [-0.05, 0) is 49.2 Å². The van der Waals surface area contributed by atoms with Crippen LogP contribution < -0.4 is 10.1 Å². The monoisotopic (exact) mass is 420 g/mol. The van der Waals surface area contributed by atoms with Crippen molar-refractivity contribution in [3.63, 3.8) is 0 Å². The number of para-hydroxylation sites is 1. The van der Waals surface area contributed by atoms with E-state index in [1.807, 2.05) is 30.3 Å². The maximum absolute atomic E-state index is 12.6. The van der Waals surface area contributed by atoms with Crippen molar-refractivity contribution in [2.75, 3.05) is 19.7 Å². The smallest absolute Gasteiger partial charge is 0.416 e. The molecule has 1 N–H and O–H groups in total. The average Bonchev–Trinajstić information content (AvgIpc) is 2.74. The number of likely N-dealkylation sites (tertiary alicyclic amines) is 1. The van der Waals surface area contributed by atoms with E-state index in [1.54, 1.807) is 4.90 Å². The molecule has 1 saturated heterocycles. The zero-order valence-electron chi connectivity index (χ0n) is 16.3. The molecule has 0 atom stereocenters. The number of benzene rings is 2. The van der Waals surface area contributed by atoms with Gasteiger partial charge in [0.1, 0.15) is 5.75 Å². The van der Waals surface area contributed by atoms with Gasteiger partial charge in [0.15, 0.2) is 0 Å². The first kappa shape index (κ1) is 21.7. The summed E-state index contributed by atoms with van der Waals surface area (Å²) in [6.07, 6.45) is -2.96. The lowest BCUT2D eigenvalue weighted by molar-refractivity contribution is -0.137. The van der Waals surface area contributed by atoms with Crippen molar-refractivity contribution < 1.29 is 27.5 Å². The number of rotatable bonds is 6. The number of alkyl halides is 3. The molecule has 0 aromatic heterocycles. The van der Waals surface area contributed by atoms with Gasteiger partial charge in [0, 0.05) is 24.7 Å². The number of nitrogens with one attached hydrogen (secondary N) is 1. The van der Waals surface area contributed by atoms with Crippen LogP contribution in [-0.2, 0) is 11.0 Å². The van der Waals surface area contributed by atoms with Crippen molar-refractivity contribution in [1.82, 2.24) is 10.2 Å². The zero-order chi connectivity index (χ0) is 21.6. The summed E-state index contributed by atoms with van der Waals surface area (Å²) >= 11 is 0. The summed E-state index contributed by atoms with van der Waals surface area (Å²) in [6.45, 7) is 1.33. The van der Waals surface area contributed by atoms with E-state index in [-0.39, 0.29) is 23.9 Å². The lowest BCUT2D eigenvalue weighted by atomic mass is 10.0. The fourth-order valence-electron chi connectivity index (χ4n) is 3.28. The van der Waals surface area contributed by atoms with Crippen LogP contribution >= 0.6 is 0 Å². The second-order valence-corrected chi connectivity index (χ2v) is 7.12. The quantitative estimate of drug-likeness (QED) is 0.771. The minimum atomic E-state index is -4.43. The van der Waals surface area contributed by atoms with Crippen LogP contribution in [0.3, 0.4) is 0 Å². The first-order valence-electron chi connectivity index (χ1n) is 9.76. The highest BCUT2D eigenvalue weighted by Crippen LogP contribution is 2.29. The Bertz CT molecular complexity index is 846. The minimum Gasteiger partial charge on any atom is -0.493 e. The van der Waals surface area contributed by atoms with Crippen molar-refractivity contribution in [3.8, 4) is 5.75 Å². The normalized spacial score (nSPS) is 15.0. The standard InChI is InChI=1S/C22H23F3N2O3/c23-22(24,25)17-8-6-16(7-9-17)21(29)26-18-10-13-27(14-11-18)20(28)12-15-30-19-4-2-1-3-5-19/h1-9,18H,10-15H2,(H,26,29). The Hall–Kier alpha value is -3.03. The van der Waals surface area contributed by atoms with Crippen LogP contribution in [0, 0.1) is 0 Å². The van der Waals surface area contributed by atoms with Gasteiger partial charge in [-0.2, -0.15) is 13.2 Å². The number of piperidine rings is 1. The van der Waals surface area contributed by atoms with Crippen LogP contribution in [0.4, 0.5) is 13.2 Å². The summed E-state index contributed by atoms with van der Waals surface area (Å²) < 4.78 is 43.4. The zero-order valence-corrected chi connectivity index (χ0v) is 16.3. The lowest BCUT2D eigenvalue weighted by Crippen LogP contribution is -2.46. The maximum atomic E-state index is 12.6. The molecule has 1 heterocycles. The number of amides is 2. The summed E-state index contributed by atoms with van der Waals surface area (Å²) in [5, 5.41) is 2.83.